The largest absolute Gasteiger partial charge is 0.493 e. The van der Waals surface area contributed by atoms with Gasteiger partial charge in [-0.25, -0.2) is 0 Å². The van der Waals surface area contributed by atoms with Gasteiger partial charge in [-0.3, -0.25) is 0 Å². The van der Waals surface area contributed by atoms with Crippen LogP contribution in [-0.4, -0.2) is 13.7 Å². The molecular weight excluding hydrogens is 262 g/mol. The van der Waals surface area contributed by atoms with Crippen molar-refractivity contribution < 1.29 is 9.15 Å². The maximum atomic E-state index is 6.01. The van der Waals surface area contributed by atoms with Gasteiger partial charge in [0, 0.05) is 11.9 Å². The van der Waals surface area contributed by atoms with E-state index >= 15 is 0 Å². The second kappa shape index (κ2) is 5.72. The molecule has 0 bridgehead atoms. The van der Waals surface area contributed by atoms with Gasteiger partial charge in [-0.15, -0.1) is 0 Å². The van der Waals surface area contributed by atoms with Gasteiger partial charge >= 0.3 is 0 Å². The van der Waals surface area contributed by atoms with E-state index in [1.54, 1.807) is 7.11 Å². The lowest BCUT2D eigenvalue weighted by molar-refractivity contribution is 0.292. The van der Waals surface area contributed by atoms with Crippen LogP contribution < -0.4 is 10.1 Å². The standard InChI is InChI=1S/C18H25NO2/c1-13(19-12-18(2)9-4-5-10-18)16-11-14-7-6-8-15(20-3)17(14)21-16/h6-8,11,13,19H,4-5,9-10,12H2,1-3H3. The normalized spacial score (nSPS) is 19.0. The van der Waals surface area contributed by atoms with Crippen molar-refractivity contribution in [2.45, 2.75) is 45.6 Å². The first-order chi connectivity index (χ1) is 10.1. The Morgan fingerprint density at radius 2 is 2.10 bits per heavy atom. The van der Waals surface area contributed by atoms with Crippen molar-refractivity contribution in [3.63, 3.8) is 0 Å². The molecular formula is C18H25NO2. The summed E-state index contributed by atoms with van der Waals surface area (Å²) >= 11 is 0. The summed E-state index contributed by atoms with van der Waals surface area (Å²) < 4.78 is 11.4. The minimum absolute atomic E-state index is 0.222. The average molecular weight is 287 g/mol. The first-order valence-electron chi connectivity index (χ1n) is 7.91. The number of nitrogens with one attached hydrogen (secondary N) is 1. The number of ether oxygens (including phenoxy) is 1. The smallest absolute Gasteiger partial charge is 0.176 e. The van der Waals surface area contributed by atoms with E-state index in [2.05, 4.69) is 31.3 Å². The lowest BCUT2D eigenvalue weighted by atomic mass is 9.88. The zero-order valence-corrected chi connectivity index (χ0v) is 13.2. The first kappa shape index (κ1) is 14.5. The number of para-hydroxylation sites is 1. The molecule has 1 fully saturated rings. The van der Waals surface area contributed by atoms with E-state index in [0.29, 0.717) is 5.41 Å². The van der Waals surface area contributed by atoms with Crippen LogP contribution in [0.1, 0.15) is 51.3 Å². The van der Waals surface area contributed by atoms with Crippen LogP contribution in [0.3, 0.4) is 0 Å². The van der Waals surface area contributed by atoms with Crippen LogP contribution in [0.2, 0.25) is 0 Å². The summed E-state index contributed by atoms with van der Waals surface area (Å²) in [5.74, 6) is 1.78. The van der Waals surface area contributed by atoms with Crippen LogP contribution in [0.25, 0.3) is 11.0 Å². The van der Waals surface area contributed by atoms with E-state index in [4.69, 9.17) is 9.15 Å². The Hall–Kier alpha value is -1.48. The van der Waals surface area contributed by atoms with Gasteiger partial charge in [-0.05, 0) is 37.3 Å². The Balaban J connectivity index is 1.74. The van der Waals surface area contributed by atoms with Crippen LogP contribution in [-0.2, 0) is 0 Å². The van der Waals surface area contributed by atoms with Gasteiger partial charge in [-0.1, -0.05) is 31.9 Å². The number of fused-ring (bicyclic) bond motifs is 1. The Kier molecular flexibility index (Phi) is 3.94. The van der Waals surface area contributed by atoms with Gasteiger partial charge in [0.2, 0.25) is 0 Å². The highest BCUT2D eigenvalue weighted by molar-refractivity contribution is 5.83. The molecule has 1 N–H and O–H groups in total. The Bertz CT molecular complexity index is 611. The minimum atomic E-state index is 0.222. The second-order valence-corrected chi connectivity index (χ2v) is 6.65. The van der Waals surface area contributed by atoms with E-state index < -0.39 is 0 Å². The number of hydrogen-bond acceptors (Lipinski definition) is 3. The molecule has 2 aromatic rings. The summed E-state index contributed by atoms with van der Waals surface area (Å²) in [6.45, 7) is 5.62. The predicted molar refractivity (Wildman–Crippen MR) is 85.8 cm³/mol. The zero-order valence-electron chi connectivity index (χ0n) is 13.2. The molecule has 1 aromatic carbocycles. The summed E-state index contributed by atoms with van der Waals surface area (Å²) in [6, 6.07) is 8.34. The molecule has 0 saturated heterocycles. The summed E-state index contributed by atoms with van der Waals surface area (Å²) in [5, 5.41) is 4.75. The van der Waals surface area contributed by atoms with Gasteiger partial charge < -0.3 is 14.5 Å². The SMILES string of the molecule is COc1cccc2cc(C(C)NCC3(C)CCCC3)oc12. The van der Waals surface area contributed by atoms with Gasteiger partial charge in [0.15, 0.2) is 11.3 Å². The molecule has 1 saturated carbocycles. The fourth-order valence-corrected chi connectivity index (χ4v) is 3.34. The van der Waals surface area contributed by atoms with Crippen molar-refractivity contribution in [3.8, 4) is 5.75 Å². The van der Waals surface area contributed by atoms with E-state index in [0.717, 1.165) is 29.0 Å². The first-order valence-corrected chi connectivity index (χ1v) is 7.91. The monoisotopic (exact) mass is 287 g/mol. The van der Waals surface area contributed by atoms with E-state index in [-0.39, 0.29) is 6.04 Å². The summed E-state index contributed by atoms with van der Waals surface area (Å²) in [5.41, 5.74) is 1.30. The van der Waals surface area contributed by atoms with E-state index in [1.807, 2.05) is 12.1 Å². The lowest BCUT2D eigenvalue weighted by Crippen LogP contribution is -2.31. The lowest BCUT2D eigenvalue weighted by Gasteiger charge is -2.25. The third-order valence-corrected chi connectivity index (χ3v) is 4.82. The van der Waals surface area contributed by atoms with Crippen molar-refractivity contribution in [2.75, 3.05) is 13.7 Å². The van der Waals surface area contributed by atoms with Gasteiger partial charge in [-0.2, -0.15) is 0 Å². The summed E-state index contributed by atoms with van der Waals surface area (Å²) in [6.07, 6.45) is 5.41. The third-order valence-electron chi connectivity index (χ3n) is 4.82. The minimum Gasteiger partial charge on any atom is -0.493 e. The van der Waals surface area contributed by atoms with Crippen LogP contribution in [0.5, 0.6) is 5.75 Å². The molecule has 1 aromatic heterocycles. The number of furan rings is 1. The van der Waals surface area contributed by atoms with Gasteiger partial charge in [0.1, 0.15) is 5.76 Å². The van der Waals surface area contributed by atoms with Crippen molar-refractivity contribution >= 4 is 11.0 Å². The van der Waals surface area contributed by atoms with Crippen molar-refractivity contribution in [3.05, 3.63) is 30.0 Å². The highest BCUT2D eigenvalue weighted by Crippen LogP contribution is 2.37. The molecule has 1 unspecified atom stereocenters. The third kappa shape index (κ3) is 2.93. The van der Waals surface area contributed by atoms with Gasteiger partial charge in [0.25, 0.3) is 0 Å². The summed E-state index contributed by atoms with van der Waals surface area (Å²) in [4.78, 5) is 0. The van der Waals surface area contributed by atoms with Crippen molar-refractivity contribution in [2.24, 2.45) is 5.41 Å². The molecule has 0 amide bonds. The maximum Gasteiger partial charge on any atom is 0.176 e. The van der Waals surface area contributed by atoms with Crippen LogP contribution >= 0.6 is 0 Å². The quantitative estimate of drug-likeness (QED) is 0.867. The van der Waals surface area contributed by atoms with Crippen LogP contribution in [0.4, 0.5) is 0 Å². The van der Waals surface area contributed by atoms with Gasteiger partial charge in [0.05, 0.1) is 13.2 Å². The molecule has 1 aliphatic rings. The average Bonchev–Trinajstić information content (AvgIpc) is 3.11. The molecule has 1 heterocycles. The summed E-state index contributed by atoms with van der Waals surface area (Å²) in [7, 11) is 1.68. The molecule has 0 aliphatic heterocycles. The van der Waals surface area contributed by atoms with E-state index in [1.165, 1.54) is 25.7 Å². The van der Waals surface area contributed by atoms with Crippen molar-refractivity contribution in [1.29, 1.82) is 0 Å². The molecule has 114 valence electrons. The topological polar surface area (TPSA) is 34.4 Å². The molecule has 21 heavy (non-hydrogen) atoms. The van der Waals surface area contributed by atoms with Crippen LogP contribution in [0.15, 0.2) is 28.7 Å². The number of benzene rings is 1. The molecule has 1 atom stereocenters. The highest BCUT2D eigenvalue weighted by atomic mass is 16.5. The molecule has 3 heteroatoms. The van der Waals surface area contributed by atoms with Crippen LogP contribution in [0, 0.1) is 5.41 Å². The Morgan fingerprint density at radius 1 is 1.33 bits per heavy atom. The Labute approximate surface area is 126 Å². The fourth-order valence-electron chi connectivity index (χ4n) is 3.34. The fraction of sp³-hybridized carbons (Fsp3) is 0.556. The zero-order chi connectivity index (χ0) is 14.9. The number of hydrogen-bond donors (Lipinski definition) is 1. The molecule has 0 radical (unpaired) electrons. The molecule has 3 rings (SSSR count). The van der Waals surface area contributed by atoms with E-state index in [9.17, 15) is 0 Å². The molecule has 0 spiro atoms. The second-order valence-electron chi connectivity index (χ2n) is 6.65. The number of rotatable bonds is 5. The number of methoxy groups -OCH3 is 1. The molecule has 3 nitrogen and oxygen atoms in total. The predicted octanol–water partition coefficient (Wildman–Crippen LogP) is 4.67. The molecule has 1 aliphatic carbocycles. The Morgan fingerprint density at radius 3 is 2.81 bits per heavy atom. The highest BCUT2D eigenvalue weighted by Gasteiger charge is 2.29. The maximum absolute atomic E-state index is 6.01. The van der Waals surface area contributed by atoms with Crippen molar-refractivity contribution in [1.82, 2.24) is 5.32 Å².